The number of ether oxygens (including phenoxy) is 1. The second-order valence-electron chi connectivity index (χ2n) is 20.7. The highest BCUT2D eigenvalue weighted by molar-refractivity contribution is 5.76. The van der Waals surface area contributed by atoms with Crippen molar-refractivity contribution in [2.24, 2.45) is 0 Å². The van der Waals surface area contributed by atoms with Gasteiger partial charge < -0.3 is 20.3 Å². The van der Waals surface area contributed by atoms with Gasteiger partial charge in [0.05, 0.1) is 25.4 Å². The Bertz CT molecular complexity index is 986. The van der Waals surface area contributed by atoms with Crippen molar-refractivity contribution in [3.05, 3.63) is 12.2 Å². The molecule has 392 valence electrons. The number of hydrogen-bond acceptors (Lipinski definition) is 5. The molecule has 0 aliphatic rings. The molecule has 66 heavy (non-hydrogen) atoms. The van der Waals surface area contributed by atoms with Crippen LogP contribution in [0.4, 0.5) is 0 Å². The molecule has 0 fully saturated rings. The lowest BCUT2D eigenvalue weighted by Crippen LogP contribution is -2.45. The molecule has 0 saturated carbocycles. The Morgan fingerprint density at radius 1 is 0.409 bits per heavy atom. The van der Waals surface area contributed by atoms with Crippen molar-refractivity contribution in [1.82, 2.24) is 5.32 Å². The van der Waals surface area contributed by atoms with Gasteiger partial charge in [-0.25, -0.2) is 0 Å². The largest absolute Gasteiger partial charge is 0.466 e. The minimum Gasteiger partial charge on any atom is -0.466 e. The molecule has 0 saturated heterocycles. The predicted molar refractivity (Wildman–Crippen MR) is 287 cm³/mol. The second kappa shape index (κ2) is 56.2. The van der Waals surface area contributed by atoms with Gasteiger partial charge in [0.1, 0.15) is 0 Å². The normalized spacial score (nSPS) is 12.6. The number of carbonyl (C=O) groups excluding carboxylic acids is 2. The molecular formula is C60H117NO5. The van der Waals surface area contributed by atoms with Crippen LogP contribution in [0, 0.1) is 0 Å². The summed E-state index contributed by atoms with van der Waals surface area (Å²) in [7, 11) is 0. The Balaban J connectivity index is 3.47. The molecule has 1 amide bonds. The van der Waals surface area contributed by atoms with Crippen molar-refractivity contribution < 1.29 is 24.5 Å². The minimum absolute atomic E-state index is 0.00362. The number of nitrogens with one attached hydrogen (secondary N) is 1. The summed E-state index contributed by atoms with van der Waals surface area (Å²) in [6.45, 7) is 4.91. The Morgan fingerprint density at radius 3 is 1.03 bits per heavy atom. The van der Waals surface area contributed by atoms with Crippen LogP contribution < -0.4 is 5.32 Å². The second-order valence-corrected chi connectivity index (χ2v) is 20.7. The Hall–Kier alpha value is -1.40. The van der Waals surface area contributed by atoms with E-state index in [1.807, 2.05) is 6.08 Å². The lowest BCUT2D eigenvalue weighted by Gasteiger charge is -2.20. The zero-order valence-electron chi connectivity index (χ0n) is 44.7. The van der Waals surface area contributed by atoms with Crippen LogP contribution in [0.15, 0.2) is 12.2 Å². The summed E-state index contributed by atoms with van der Waals surface area (Å²) >= 11 is 0. The molecule has 0 aromatic heterocycles. The van der Waals surface area contributed by atoms with E-state index in [2.05, 4.69) is 19.2 Å². The number of hydrogen-bond donors (Lipinski definition) is 3. The molecule has 0 aliphatic heterocycles. The Labute approximate surface area is 412 Å². The fraction of sp³-hybridized carbons (Fsp3) is 0.933. The third-order valence-electron chi connectivity index (χ3n) is 14.1. The maximum Gasteiger partial charge on any atom is 0.305 e. The van der Waals surface area contributed by atoms with Crippen molar-refractivity contribution in [2.45, 2.75) is 347 Å². The van der Waals surface area contributed by atoms with Crippen LogP contribution in [-0.2, 0) is 14.3 Å². The molecule has 0 spiro atoms. The summed E-state index contributed by atoms with van der Waals surface area (Å²) in [5.41, 5.74) is 0. The van der Waals surface area contributed by atoms with Crippen molar-refractivity contribution in [3.63, 3.8) is 0 Å². The van der Waals surface area contributed by atoms with Gasteiger partial charge in [0.25, 0.3) is 0 Å². The van der Waals surface area contributed by atoms with E-state index in [9.17, 15) is 19.8 Å². The van der Waals surface area contributed by atoms with Crippen molar-refractivity contribution in [2.75, 3.05) is 13.2 Å². The molecule has 3 N–H and O–H groups in total. The molecule has 0 bridgehead atoms. The van der Waals surface area contributed by atoms with Crippen LogP contribution in [0.3, 0.4) is 0 Å². The van der Waals surface area contributed by atoms with E-state index < -0.39 is 12.1 Å². The maximum atomic E-state index is 12.5. The van der Waals surface area contributed by atoms with Gasteiger partial charge in [0.15, 0.2) is 0 Å². The number of carbonyl (C=O) groups is 2. The molecule has 6 nitrogen and oxygen atoms in total. The van der Waals surface area contributed by atoms with Gasteiger partial charge in [-0.2, -0.15) is 0 Å². The van der Waals surface area contributed by atoms with E-state index >= 15 is 0 Å². The van der Waals surface area contributed by atoms with Crippen LogP contribution in [-0.4, -0.2) is 47.4 Å². The highest BCUT2D eigenvalue weighted by Gasteiger charge is 2.18. The fourth-order valence-corrected chi connectivity index (χ4v) is 9.46. The van der Waals surface area contributed by atoms with Crippen molar-refractivity contribution in [3.8, 4) is 0 Å². The first-order valence-corrected chi connectivity index (χ1v) is 30.0. The van der Waals surface area contributed by atoms with E-state index in [0.717, 1.165) is 57.8 Å². The third-order valence-corrected chi connectivity index (χ3v) is 14.1. The molecule has 2 unspecified atom stereocenters. The average Bonchev–Trinajstić information content (AvgIpc) is 3.32. The summed E-state index contributed by atoms with van der Waals surface area (Å²) in [6, 6.07) is -0.637. The van der Waals surface area contributed by atoms with Gasteiger partial charge in [-0.3, -0.25) is 9.59 Å². The molecular weight excluding hydrogens is 815 g/mol. The Kier molecular flexibility index (Phi) is 55.0. The summed E-state index contributed by atoms with van der Waals surface area (Å²) in [6.07, 6.45) is 66.6. The quantitative estimate of drug-likeness (QED) is 0.0321. The van der Waals surface area contributed by atoms with Crippen LogP contribution in [0.25, 0.3) is 0 Å². The zero-order valence-corrected chi connectivity index (χ0v) is 44.7. The minimum atomic E-state index is -0.853. The number of aliphatic hydroxyl groups excluding tert-OH is 2. The lowest BCUT2D eigenvalue weighted by atomic mass is 10.0. The first-order valence-electron chi connectivity index (χ1n) is 30.0. The summed E-state index contributed by atoms with van der Waals surface area (Å²) in [4.78, 5) is 24.5. The van der Waals surface area contributed by atoms with Crippen LogP contribution in [0.1, 0.15) is 335 Å². The summed E-state index contributed by atoms with van der Waals surface area (Å²) in [5, 5.41) is 23.2. The number of amides is 1. The highest BCUT2D eigenvalue weighted by atomic mass is 16.5. The van der Waals surface area contributed by atoms with E-state index in [0.29, 0.717) is 19.4 Å². The predicted octanol–water partition coefficient (Wildman–Crippen LogP) is 18.5. The first kappa shape index (κ1) is 64.6. The van der Waals surface area contributed by atoms with E-state index in [4.69, 9.17) is 4.74 Å². The fourth-order valence-electron chi connectivity index (χ4n) is 9.46. The third kappa shape index (κ3) is 52.0. The molecule has 0 aromatic carbocycles. The summed E-state index contributed by atoms with van der Waals surface area (Å²) < 4.78 is 5.47. The molecule has 0 aromatic rings. The van der Waals surface area contributed by atoms with Gasteiger partial charge in [-0.1, -0.05) is 302 Å². The first-order chi connectivity index (χ1) is 32.5. The van der Waals surface area contributed by atoms with Crippen LogP contribution in [0.5, 0.6) is 0 Å². The molecule has 0 aliphatic carbocycles. The van der Waals surface area contributed by atoms with Gasteiger partial charge in [0, 0.05) is 12.8 Å². The molecule has 0 radical (unpaired) electrons. The monoisotopic (exact) mass is 932 g/mol. The molecule has 6 heteroatoms. The van der Waals surface area contributed by atoms with Crippen LogP contribution >= 0.6 is 0 Å². The van der Waals surface area contributed by atoms with Crippen LogP contribution in [0.2, 0.25) is 0 Å². The lowest BCUT2D eigenvalue weighted by molar-refractivity contribution is -0.143. The molecule has 0 heterocycles. The zero-order chi connectivity index (χ0) is 47.9. The average molecular weight is 933 g/mol. The number of esters is 1. The highest BCUT2D eigenvalue weighted by Crippen LogP contribution is 2.18. The van der Waals surface area contributed by atoms with Crippen molar-refractivity contribution >= 4 is 11.9 Å². The number of aliphatic hydroxyl groups is 2. The number of unbranched alkanes of at least 4 members (excludes halogenated alkanes) is 45. The number of rotatable bonds is 56. The van der Waals surface area contributed by atoms with Gasteiger partial charge >= 0.3 is 5.97 Å². The smallest absolute Gasteiger partial charge is 0.305 e. The molecule has 0 rings (SSSR count). The van der Waals surface area contributed by atoms with Crippen molar-refractivity contribution in [1.29, 1.82) is 0 Å². The number of allylic oxidation sites excluding steroid dienone is 1. The van der Waals surface area contributed by atoms with Gasteiger partial charge in [-0.15, -0.1) is 0 Å². The van der Waals surface area contributed by atoms with E-state index in [-0.39, 0.29) is 18.5 Å². The summed E-state index contributed by atoms with van der Waals surface area (Å²) in [5.74, 6) is -0.0805. The standard InChI is InChI=1S/C60H117NO5/c1-3-5-7-9-11-13-15-17-19-20-21-22-23-24-25-26-28-32-36-40-44-48-52-58(63)57(56-62)61-59(64)53-49-45-41-37-33-29-27-31-35-39-43-47-51-55-66-60(65)54-50-46-42-38-34-30-18-16-14-12-10-8-6-4-2/h48,52,57-58,62-63H,3-47,49-51,53-56H2,1-2H3,(H,61,64)/b52-48+. The SMILES string of the molecule is CCCCCCCCCCCCCCCCCCCCCC/C=C/C(O)C(CO)NC(=O)CCCCCCCCCCCCCCCOC(=O)CCCCCCCCCCCCCCCC. The van der Waals surface area contributed by atoms with E-state index in [1.54, 1.807) is 6.08 Å². The topological polar surface area (TPSA) is 95.9 Å². The van der Waals surface area contributed by atoms with Gasteiger partial charge in [-0.05, 0) is 32.1 Å². The maximum absolute atomic E-state index is 12.5. The Morgan fingerprint density at radius 2 is 0.697 bits per heavy atom. The van der Waals surface area contributed by atoms with Gasteiger partial charge in [0.2, 0.25) is 5.91 Å². The molecule has 2 atom stereocenters. The van der Waals surface area contributed by atoms with E-state index in [1.165, 1.54) is 250 Å².